The van der Waals surface area contributed by atoms with Gasteiger partial charge >= 0.3 is 0 Å². The molecule has 0 radical (unpaired) electrons. The lowest BCUT2D eigenvalue weighted by Crippen LogP contribution is -2.19. The van der Waals surface area contributed by atoms with Gasteiger partial charge in [0.1, 0.15) is 5.84 Å². The molecule has 0 saturated heterocycles. The minimum Gasteiger partial charge on any atom is -0.398 e. The number of anilines is 1. The van der Waals surface area contributed by atoms with Crippen LogP contribution in [0.2, 0.25) is 0 Å². The Bertz CT molecular complexity index is 549. The highest BCUT2D eigenvalue weighted by atomic mass is 32.1. The monoisotopic (exact) mass is 275 g/mol. The highest BCUT2D eigenvalue weighted by molar-refractivity contribution is 7.81. The van der Waals surface area contributed by atoms with Crippen molar-refractivity contribution in [3.05, 3.63) is 40.5 Å². The first-order valence-electron chi connectivity index (χ1n) is 6.51. The van der Waals surface area contributed by atoms with Crippen molar-refractivity contribution >= 4 is 24.2 Å². The first-order chi connectivity index (χ1) is 8.91. The van der Waals surface area contributed by atoms with Crippen molar-refractivity contribution in [2.24, 2.45) is 5.73 Å². The summed E-state index contributed by atoms with van der Waals surface area (Å²) in [5, 5.41) is 8.04. The molecule has 0 aromatic heterocycles. The Hall–Kier alpha value is -1.42. The number of amidine groups is 1. The number of nitrogens with two attached hydrogens (primary N) is 2. The molecule has 0 aliphatic heterocycles. The van der Waals surface area contributed by atoms with E-state index in [4.69, 9.17) is 16.9 Å². The van der Waals surface area contributed by atoms with E-state index < -0.39 is 0 Å². The van der Waals surface area contributed by atoms with Crippen LogP contribution in [0.25, 0.3) is 0 Å². The number of nitrogens with one attached hydrogen (secondary N) is 1. The molecule has 1 aromatic rings. The van der Waals surface area contributed by atoms with Crippen LogP contribution < -0.4 is 11.5 Å². The van der Waals surface area contributed by atoms with Gasteiger partial charge in [-0.25, -0.2) is 0 Å². The van der Waals surface area contributed by atoms with E-state index in [-0.39, 0.29) is 5.84 Å². The van der Waals surface area contributed by atoms with Gasteiger partial charge in [-0.05, 0) is 43.9 Å². The Morgan fingerprint density at radius 2 is 2.00 bits per heavy atom. The van der Waals surface area contributed by atoms with Gasteiger partial charge in [-0.3, -0.25) is 5.41 Å². The molecule has 1 aliphatic carbocycles. The maximum absolute atomic E-state index is 7.68. The van der Waals surface area contributed by atoms with Crippen molar-refractivity contribution in [3.8, 4) is 0 Å². The molecule has 5 N–H and O–H groups in total. The van der Waals surface area contributed by atoms with Crippen molar-refractivity contribution in [1.82, 2.24) is 0 Å². The SMILES string of the molecule is CC1=CC(S)CCC1c1ccc(N)c(C(=N)N)c1C. The summed E-state index contributed by atoms with van der Waals surface area (Å²) in [6.07, 6.45) is 4.38. The Labute approximate surface area is 120 Å². The van der Waals surface area contributed by atoms with E-state index in [0.29, 0.717) is 22.4 Å². The lowest BCUT2D eigenvalue weighted by Gasteiger charge is -2.27. The predicted molar refractivity (Wildman–Crippen MR) is 85.1 cm³/mol. The van der Waals surface area contributed by atoms with Gasteiger partial charge in [0.25, 0.3) is 0 Å². The van der Waals surface area contributed by atoms with Crippen LogP contribution >= 0.6 is 12.6 Å². The van der Waals surface area contributed by atoms with E-state index in [2.05, 4.69) is 31.7 Å². The lowest BCUT2D eigenvalue weighted by atomic mass is 9.80. The van der Waals surface area contributed by atoms with Crippen LogP contribution in [-0.2, 0) is 0 Å². The topological polar surface area (TPSA) is 75.9 Å². The van der Waals surface area contributed by atoms with E-state index in [0.717, 1.165) is 18.4 Å². The number of rotatable bonds is 2. The second kappa shape index (κ2) is 5.29. The fraction of sp³-hybridized carbons (Fsp3) is 0.400. The second-order valence-corrected chi connectivity index (χ2v) is 5.93. The summed E-state index contributed by atoms with van der Waals surface area (Å²) >= 11 is 4.52. The molecule has 102 valence electrons. The van der Waals surface area contributed by atoms with Gasteiger partial charge in [-0.2, -0.15) is 12.6 Å². The molecule has 2 atom stereocenters. The molecule has 0 spiro atoms. The van der Waals surface area contributed by atoms with E-state index in [1.165, 1.54) is 11.1 Å². The van der Waals surface area contributed by atoms with Crippen LogP contribution in [0.4, 0.5) is 5.69 Å². The molecule has 3 nitrogen and oxygen atoms in total. The van der Waals surface area contributed by atoms with Gasteiger partial charge < -0.3 is 11.5 Å². The van der Waals surface area contributed by atoms with E-state index in [9.17, 15) is 0 Å². The number of allylic oxidation sites excluding steroid dienone is 1. The Kier molecular flexibility index (Phi) is 3.90. The van der Waals surface area contributed by atoms with Crippen LogP contribution in [0.5, 0.6) is 0 Å². The molecule has 1 aliphatic rings. The van der Waals surface area contributed by atoms with Crippen molar-refractivity contribution in [2.75, 3.05) is 5.73 Å². The molecule has 2 rings (SSSR count). The first kappa shape index (κ1) is 14.0. The first-order valence-corrected chi connectivity index (χ1v) is 7.03. The maximum atomic E-state index is 7.68. The van der Waals surface area contributed by atoms with Crippen molar-refractivity contribution in [3.63, 3.8) is 0 Å². The molecule has 0 saturated carbocycles. The van der Waals surface area contributed by atoms with Crippen LogP contribution in [0.1, 0.15) is 42.4 Å². The number of thiol groups is 1. The normalized spacial score (nSPS) is 23.0. The highest BCUT2D eigenvalue weighted by Crippen LogP contribution is 2.38. The third-order valence-corrected chi connectivity index (χ3v) is 4.35. The second-order valence-electron chi connectivity index (χ2n) is 5.27. The molecule has 0 bridgehead atoms. The van der Waals surface area contributed by atoms with Gasteiger partial charge in [-0.1, -0.05) is 17.7 Å². The van der Waals surface area contributed by atoms with Crippen LogP contribution in [0.3, 0.4) is 0 Å². The average molecular weight is 275 g/mol. The number of nitrogen functional groups attached to an aromatic ring is 2. The summed E-state index contributed by atoms with van der Waals surface area (Å²) in [6.45, 7) is 4.15. The van der Waals surface area contributed by atoms with Gasteiger partial charge in [0.2, 0.25) is 0 Å². The van der Waals surface area contributed by atoms with Crippen molar-refractivity contribution in [1.29, 1.82) is 5.41 Å². The molecule has 0 fully saturated rings. The maximum Gasteiger partial charge on any atom is 0.125 e. The smallest absolute Gasteiger partial charge is 0.125 e. The fourth-order valence-corrected chi connectivity index (χ4v) is 3.34. The summed E-state index contributed by atoms with van der Waals surface area (Å²) in [7, 11) is 0. The molecule has 4 heteroatoms. The van der Waals surface area contributed by atoms with Crippen LogP contribution in [0, 0.1) is 12.3 Å². The average Bonchev–Trinajstić information content (AvgIpc) is 2.30. The number of hydrogen-bond acceptors (Lipinski definition) is 3. The Balaban J connectivity index is 2.50. The lowest BCUT2D eigenvalue weighted by molar-refractivity contribution is 0.629. The standard InChI is InChI=1S/C15H21N3S/c1-8-7-10(19)3-4-11(8)12-5-6-13(16)14(9(12)2)15(17)18/h5-7,10-11,19H,3-4,16H2,1-2H3,(H3,17,18). The highest BCUT2D eigenvalue weighted by Gasteiger charge is 2.23. The molecular formula is C15H21N3S. The fourth-order valence-electron chi connectivity index (χ4n) is 2.95. The molecular weight excluding hydrogens is 254 g/mol. The van der Waals surface area contributed by atoms with Crippen molar-refractivity contribution < 1.29 is 0 Å². The molecule has 1 aromatic carbocycles. The minimum absolute atomic E-state index is 0.0429. The summed E-state index contributed by atoms with van der Waals surface area (Å²) < 4.78 is 0. The Morgan fingerprint density at radius 1 is 1.32 bits per heavy atom. The molecule has 0 amide bonds. The van der Waals surface area contributed by atoms with E-state index in [1.54, 1.807) is 0 Å². The number of hydrogen-bond donors (Lipinski definition) is 4. The molecule has 0 heterocycles. The Morgan fingerprint density at radius 3 is 2.58 bits per heavy atom. The van der Waals surface area contributed by atoms with E-state index in [1.807, 2.05) is 13.0 Å². The summed E-state index contributed by atoms with van der Waals surface area (Å²) in [5.41, 5.74) is 16.4. The third-order valence-electron chi connectivity index (χ3n) is 3.94. The minimum atomic E-state index is 0.0429. The van der Waals surface area contributed by atoms with Crippen LogP contribution in [-0.4, -0.2) is 11.1 Å². The largest absolute Gasteiger partial charge is 0.398 e. The third kappa shape index (κ3) is 2.63. The van der Waals surface area contributed by atoms with Crippen LogP contribution in [0.15, 0.2) is 23.8 Å². The van der Waals surface area contributed by atoms with Gasteiger partial charge in [0.15, 0.2) is 0 Å². The van der Waals surface area contributed by atoms with Gasteiger partial charge in [-0.15, -0.1) is 0 Å². The zero-order chi connectivity index (χ0) is 14.2. The summed E-state index contributed by atoms with van der Waals surface area (Å²) in [4.78, 5) is 0. The summed E-state index contributed by atoms with van der Waals surface area (Å²) in [6, 6.07) is 3.93. The van der Waals surface area contributed by atoms with Gasteiger partial charge in [0.05, 0.1) is 0 Å². The van der Waals surface area contributed by atoms with E-state index >= 15 is 0 Å². The molecule has 19 heavy (non-hydrogen) atoms. The zero-order valence-electron chi connectivity index (χ0n) is 11.4. The van der Waals surface area contributed by atoms with Crippen molar-refractivity contribution in [2.45, 2.75) is 37.9 Å². The molecule has 2 unspecified atom stereocenters. The predicted octanol–water partition coefficient (Wildman–Crippen LogP) is 2.98. The summed E-state index contributed by atoms with van der Waals surface area (Å²) in [5.74, 6) is 0.434. The zero-order valence-corrected chi connectivity index (χ0v) is 12.3. The number of benzene rings is 1. The van der Waals surface area contributed by atoms with Gasteiger partial charge in [0, 0.05) is 22.4 Å². The quantitative estimate of drug-likeness (QED) is 0.220.